The predicted octanol–water partition coefficient (Wildman–Crippen LogP) is 12.5. The maximum Gasteiger partial charge on any atom is 0.472 e. The van der Waals surface area contributed by atoms with Crippen LogP contribution in [0.1, 0.15) is 188 Å². The van der Waals surface area contributed by atoms with E-state index in [0.717, 1.165) is 64.2 Å². The van der Waals surface area contributed by atoms with E-state index in [2.05, 4.69) is 57.2 Å². The number of carbonyl (C=O) groups is 3. The summed E-state index contributed by atoms with van der Waals surface area (Å²) < 4.78 is 38.9. The van der Waals surface area contributed by atoms with Crippen LogP contribution in [0.2, 0.25) is 0 Å². The molecule has 2 N–H and O–H groups in total. The molecule has 0 saturated heterocycles. The van der Waals surface area contributed by atoms with Crippen LogP contribution in [0.4, 0.5) is 0 Å². The molecule has 0 rings (SSSR count). The second-order valence-electron chi connectivity index (χ2n) is 15.2. The highest BCUT2D eigenvalue weighted by molar-refractivity contribution is 7.47. The van der Waals surface area contributed by atoms with Crippen molar-refractivity contribution in [1.29, 1.82) is 0 Å². The number of aliphatic hydroxyl groups excluding tert-OH is 1. The third-order valence-corrected chi connectivity index (χ3v) is 10.4. The lowest BCUT2D eigenvalue weighted by Crippen LogP contribution is -2.30. The first kappa shape index (κ1) is 57.2. The molecule has 60 heavy (non-hydrogen) atoms. The van der Waals surface area contributed by atoms with Crippen LogP contribution < -0.4 is 0 Å². The van der Waals surface area contributed by atoms with E-state index in [1.165, 1.54) is 64.2 Å². The fourth-order valence-electron chi connectivity index (χ4n) is 5.96. The molecule has 3 atom stereocenters. The molecule has 0 fully saturated rings. The Morgan fingerprint density at radius 2 is 0.867 bits per heavy atom. The van der Waals surface area contributed by atoms with E-state index in [4.69, 9.17) is 23.3 Å². The van der Waals surface area contributed by atoms with E-state index in [1.54, 1.807) is 6.08 Å². The van der Waals surface area contributed by atoms with Crippen molar-refractivity contribution in [1.82, 2.24) is 0 Å². The van der Waals surface area contributed by atoms with Crippen LogP contribution >= 0.6 is 7.82 Å². The second kappa shape index (κ2) is 42.9. The molecule has 11 nitrogen and oxygen atoms in total. The maximum atomic E-state index is 12.7. The molecule has 0 amide bonds. The Hall–Kier alpha value is -2.82. The average Bonchev–Trinajstić information content (AvgIpc) is 3.23. The number of rotatable bonds is 42. The Morgan fingerprint density at radius 1 is 0.483 bits per heavy atom. The van der Waals surface area contributed by atoms with Crippen LogP contribution in [-0.4, -0.2) is 66.5 Å². The molecule has 0 aromatic rings. The van der Waals surface area contributed by atoms with Gasteiger partial charge in [0.15, 0.2) is 6.10 Å². The van der Waals surface area contributed by atoms with Crippen molar-refractivity contribution in [2.75, 3.05) is 26.4 Å². The lowest BCUT2D eigenvalue weighted by atomic mass is 10.1. The van der Waals surface area contributed by atoms with Crippen molar-refractivity contribution in [3.8, 4) is 0 Å². The number of unbranched alkanes of at least 4 members (excludes halogenated alkanes) is 16. The van der Waals surface area contributed by atoms with Crippen molar-refractivity contribution in [2.45, 2.75) is 200 Å². The molecule has 0 saturated carbocycles. The molecule has 0 heterocycles. The number of hydrogen-bond donors (Lipinski definition) is 2. The predicted molar refractivity (Wildman–Crippen MR) is 242 cm³/mol. The van der Waals surface area contributed by atoms with Gasteiger partial charge in [-0.3, -0.25) is 23.4 Å². The normalized spacial score (nSPS) is 14.2. The summed E-state index contributed by atoms with van der Waals surface area (Å²) in [6, 6.07) is 0. The molecule has 3 unspecified atom stereocenters. The first-order valence-corrected chi connectivity index (χ1v) is 24.7. The minimum atomic E-state index is -4.75. The first-order chi connectivity index (χ1) is 29.2. The lowest BCUT2D eigenvalue weighted by molar-refractivity contribution is -0.160. The monoisotopic (exact) mass is 867 g/mol. The number of hydrogen-bond acceptors (Lipinski definition) is 10. The van der Waals surface area contributed by atoms with E-state index >= 15 is 0 Å². The summed E-state index contributed by atoms with van der Waals surface area (Å²) in [6.07, 6.45) is 42.5. The van der Waals surface area contributed by atoms with Gasteiger partial charge in [0.05, 0.1) is 26.2 Å². The number of aliphatic hydroxyl groups is 1. The Balaban J connectivity index is 4.89. The molecule has 0 aliphatic rings. The topological polar surface area (TPSA) is 155 Å². The van der Waals surface area contributed by atoms with Gasteiger partial charge in [0.25, 0.3) is 0 Å². The van der Waals surface area contributed by atoms with Crippen LogP contribution in [0.15, 0.2) is 60.8 Å². The molecular weight excluding hydrogens is 783 g/mol. The zero-order chi connectivity index (χ0) is 44.2. The highest BCUT2D eigenvalue weighted by atomic mass is 31.2. The molecule has 346 valence electrons. The molecule has 12 heteroatoms. The maximum absolute atomic E-state index is 12.7. The van der Waals surface area contributed by atoms with Gasteiger partial charge >= 0.3 is 25.7 Å². The highest BCUT2D eigenvalue weighted by Crippen LogP contribution is 2.43. The van der Waals surface area contributed by atoms with Gasteiger partial charge < -0.3 is 24.2 Å². The average molecular weight is 867 g/mol. The van der Waals surface area contributed by atoms with Crippen molar-refractivity contribution in [2.24, 2.45) is 0 Å². The SMILES string of the molecule is CC/C=C\C/C=C\C/C=C\C/C=C\C/C=C\CC(=O)OC(COC(=O)CCCCCCCCCCC)COP(=O)(O)OCC(CO)OC(=O)CCCCCCCCCCC. The number of carbonyl (C=O) groups excluding carboxylic acids is 3. The Morgan fingerprint density at radius 3 is 1.32 bits per heavy atom. The molecule has 0 aromatic carbocycles. The molecule has 0 aliphatic carbocycles. The first-order valence-electron chi connectivity index (χ1n) is 23.2. The van der Waals surface area contributed by atoms with Crippen molar-refractivity contribution in [3.05, 3.63) is 60.8 Å². The van der Waals surface area contributed by atoms with Crippen molar-refractivity contribution < 1.29 is 52.2 Å². The summed E-state index contributed by atoms with van der Waals surface area (Å²) in [7, 11) is -4.75. The van der Waals surface area contributed by atoms with Crippen LogP contribution in [-0.2, 0) is 42.2 Å². The molecule has 0 radical (unpaired) electrons. The van der Waals surface area contributed by atoms with Crippen molar-refractivity contribution in [3.63, 3.8) is 0 Å². The van der Waals surface area contributed by atoms with Gasteiger partial charge in [0.2, 0.25) is 0 Å². The minimum Gasteiger partial charge on any atom is -0.462 e. The van der Waals surface area contributed by atoms with E-state index in [-0.39, 0.29) is 25.9 Å². The molecule has 0 bridgehead atoms. The summed E-state index contributed by atoms with van der Waals surface area (Å²) in [5, 5.41) is 9.70. The zero-order valence-electron chi connectivity index (χ0n) is 37.7. The van der Waals surface area contributed by atoms with Gasteiger partial charge in [0.1, 0.15) is 12.7 Å². The summed E-state index contributed by atoms with van der Waals surface area (Å²) in [4.78, 5) is 47.9. The Labute approximate surface area is 364 Å². The lowest BCUT2D eigenvalue weighted by Gasteiger charge is -2.21. The number of esters is 3. The summed E-state index contributed by atoms with van der Waals surface area (Å²) in [5.74, 6) is -1.62. The van der Waals surface area contributed by atoms with Gasteiger partial charge in [-0.15, -0.1) is 0 Å². The van der Waals surface area contributed by atoms with Gasteiger partial charge in [-0.25, -0.2) is 4.57 Å². The number of ether oxygens (including phenoxy) is 3. The van der Waals surface area contributed by atoms with Gasteiger partial charge in [-0.2, -0.15) is 0 Å². The van der Waals surface area contributed by atoms with Gasteiger partial charge in [-0.1, -0.05) is 184 Å². The van der Waals surface area contributed by atoms with E-state index < -0.39 is 57.8 Å². The largest absolute Gasteiger partial charge is 0.472 e. The molecule has 0 aromatic heterocycles. The number of phosphoric acid groups is 1. The van der Waals surface area contributed by atoms with Crippen LogP contribution in [0.3, 0.4) is 0 Å². The fourth-order valence-corrected chi connectivity index (χ4v) is 6.74. The summed E-state index contributed by atoms with van der Waals surface area (Å²) in [6.45, 7) is 4.33. The Bertz CT molecular complexity index is 1240. The van der Waals surface area contributed by atoms with E-state index in [0.29, 0.717) is 19.3 Å². The number of allylic oxidation sites excluding steroid dienone is 9. The summed E-state index contributed by atoms with van der Waals surface area (Å²) in [5.41, 5.74) is 0. The third-order valence-electron chi connectivity index (χ3n) is 9.49. The Kier molecular flexibility index (Phi) is 40.8. The molecule has 0 spiro atoms. The zero-order valence-corrected chi connectivity index (χ0v) is 38.6. The second-order valence-corrected chi connectivity index (χ2v) is 16.7. The third kappa shape index (κ3) is 40.6. The van der Waals surface area contributed by atoms with Crippen molar-refractivity contribution >= 4 is 25.7 Å². The van der Waals surface area contributed by atoms with Crippen LogP contribution in [0.5, 0.6) is 0 Å². The molecule has 0 aliphatic heterocycles. The smallest absolute Gasteiger partial charge is 0.462 e. The van der Waals surface area contributed by atoms with Crippen LogP contribution in [0.25, 0.3) is 0 Å². The highest BCUT2D eigenvalue weighted by Gasteiger charge is 2.28. The van der Waals surface area contributed by atoms with E-state index in [1.807, 2.05) is 18.2 Å². The fraction of sp³-hybridized carbons (Fsp3) is 0.729. The molecular formula is C48H83O11P. The van der Waals surface area contributed by atoms with Crippen LogP contribution in [0, 0.1) is 0 Å². The van der Waals surface area contributed by atoms with Gasteiger partial charge in [0, 0.05) is 12.8 Å². The number of phosphoric ester groups is 1. The van der Waals surface area contributed by atoms with E-state index in [9.17, 15) is 28.9 Å². The van der Waals surface area contributed by atoms with Gasteiger partial charge in [-0.05, 0) is 44.9 Å². The quantitative estimate of drug-likeness (QED) is 0.0198. The minimum absolute atomic E-state index is 0.0632. The summed E-state index contributed by atoms with van der Waals surface area (Å²) >= 11 is 0. The standard InChI is InChI=1S/C48H83O11P/c1-4-7-10-13-16-19-20-21-22-23-24-27-30-33-36-39-48(52)59-45(41-55-46(50)37-34-31-28-25-17-14-11-8-5-2)43-57-60(53,54)56-42-44(40-49)58-47(51)38-35-32-29-26-18-15-12-9-6-3/h7,10,16,19,21-22,24,27,33,36,44-45,49H,4-6,8-9,11-15,17-18,20,23,25-26,28-32,34-35,37-43H2,1-3H3,(H,53,54)/b10-7-,19-16-,22-21-,27-24-,36-33-.